The molecule has 1 aromatic rings. The minimum Gasteiger partial charge on any atom is -0.350 e. The molecule has 138 valence electrons. The molecule has 3 rings (SSSR count). The molecule has 1 saturated carbocycles. The molecule has 1 aromatic heterocycles. The Hall–Kier alpha value is -1.89. The van der Waals surface area contributed by atoms with E-state index in [1.54, 1.807) is 4.68 Å². The number of carbonyl (C=O) groups is 2. The molecule has 2 fully saturated rings. The fraction of sp³-hybridized carbons (Fsp3) is 0.722. The summed E-state index contributed by atoms with van der Waals surface area (Å²) in [5.41, 5.74) is 1.31. The van der Waals surface area contributed by atoms with Gasteiger partial charge in [-0.05, 0) is 46.1 Å². The molecule has 2 heterocycles. The topological polar surface area (TPSA) is 88.0 Å². The first-order valence-corrected chi connectivity index (χ1v) is 9.27. The summed E-state index contributed by atoms with van der Waals surface area (Å²) < 4.78 is 1.71. The third kappa shape index (κ3) is 3.56. The van der Waals surface area contributed by atoms with Crippen molar-refractivity contribution < 1.29 is 9.59 Å². The molecule has 7 nitrogen and oxygen atoms in total. The van der Waals surface area contributed by atoms with E-state index in [-0.39, 0.29) is 17.9 Å². The zero-order valence-electron chi connectivity index (χ0n) is 15.4. The van der Waals surface area contributed by atoms with Gasteiger partial charge in [0.1, 0.15) is 5.54 Å². The van der Waals surface area contributed by atoms with Crippen LogP contribution in [-0.2, 0) is 11.8 Å². The van der Waals surface area contributed by atoms with Crippen molar-refractivity contribution in [1.29, 1.82) is 0 Å². The lowest BCUT2D eigenvalue weighted by Gasteiger charge is -2.32. The number of aromatic nitrogens is 2. The van der Waals surface area contributed by atoms with Crippen molar-refractivity contribution >= 4 is 11.8 Å². The van der Waals surface area contributed by atoms with E-state index in [0.29, 0.717) is 24.1 Å². The van der Waals surface area contributed by atoms with Crippen molar-refractivity contribution in [2.24, 2.45) is 7.05 Å². The molecule has 2 amide bonds. The second-order valence-electron chi connectivity index (χ2n) is 7.43. The van der Waals surface area contributed by atoms with Crippen LogP contribution in [0, 0.1) is 13.8 Å². The molecule has 1 aliphatic carbocycles. The Morgan fingerprint density at radius 3 is 2.52 bits per heavy atom. The predicted octanol–water partition coefficient (Wildman–Crippen LogP) is 0.948. The Balaban J connectivity index is 1.75. The van der Waals surface area contributed by atoms with Crippen LogP contribution < -0.4 is 16.0 Å². The van der Waals surface area contributed by atoms with E-state index in [9.17, 15) is 9.59 Å². The molecule has 0 unspecified atom stereocenters. The van der Waals surface area contributed by atoms with Crippen LogP contribution in [0.2, 0.25) is 0 Å². The summed E-state index contributed by atoms with van der Waals surface area (Å²) in [4.78, 5) is 25.9. The Bertz CT molecular complexity index is 655. The predicted molar refractivity (Wildman–Crippen MR) is 95.4 cm³/mol. The van der Waals surface area contributed by atoms with E-state index in [1.165, 1.54) is 0 Å². The number of hydrogen-bond acceptors (Lipinski definition) is 4. The number of rotatable bonds is 4. The number of nitrogens with one attached hydrogen (secondary N) is 3. The molecule has 2 aliphatic rings. The van der Waals surface area contributed by atoms with Gasteiger partial charge >= 0.3 is 0 Å². The van der Waals surface area contributed by atoms with E-state index in [4.69, 9.17) is 0 Å². The third-order valence-corrected chi connectivity index (χ3v) is 5.61. The fourth-order valence-electron chi connectivity index (χ4n) is 4.07. The highest BCUT2D eigenvalue weighted by Crippen LogP contribution is 2.31. The third-order valence-electron chi connectivity index (χ3n) is 5.61. The van der Waals surface area contributed by atoms with Crippen molar-refractivity contribution in [2.75, 3.05) is 13.1 Å². The van der Waals surface area contributed by atoms with Gasteiger partial charge in [0.25, 0.3) is 5.91 Å². The molecule has 0 radical (unpaired) electrons. The maximum atomic E-state index is 13.0. The summed E-state index contributed by atoms with van der Waals surface area (Å²) >= 11 is 0. The summed E-state index contributed by atoms with van der Waals surface area (Å²) in [7, 11) is 1.83. The van der Waals surface area contributed by atoms with E-state index >= 15 is 0 Å². The minimum absolute atomic E-state index is 0.0359. The van der Waals surface area contributed by atoms with E-state index in [1.807, 2.05) is 20.9 Å². The lowest BCUT2D eigenvalue weighted by Crippen LogP contribution is -2.60. The highest BCUT2D eigenvalue weighted by atomic mass is 16.2. The van der Waals surface area contributed by atoms with Crippen molar-refractivity contribution in [3.63, 3.8) is 0 Å². The van der Waals surface area contributed by atoms with E-state index in [0.717, 1.165) is 44.5 Å². The van der Waals surface area contributed by atoms with Gasteiger partial charge in [-0.2, -0.15) is 5.10 Å². The Labute approximate surface area is 148 Å². The molecule has 0 bridgehead atoms. The second kappa shape index (κ2) is 7.15. The second-order valence-corrected chi connectivity index (χ2v) is 7.43. The molecule has 25 heavy (non-hydrogen) atoms. The molecule has 3 N–H and O–H groups in total. The van der Waals surface area contributed by atoms with Gasteiger partial charge in [0, 0.05) is 25.3 Å². The normalized spacial score (nSPS) is 22.6. The van der Waals surface area contributed by atoms with Gasteiger partial charge in [-0.1, -0.05) is 12.8 Å². The number of nitrogens with zero attached hydrogens (tertiary/aromatic N) is 2. The maximum Gasteiger partial charge on any atom is 0.255 e. The average Bonchev–Trinajstić information content (AvgIpc) is 3.14. The van der Waals surface area contributed by atoms with Crippen LogP contribution >= 0.6 is 0 Å². The van der Waals surface area contributed by atoms with Gasteiger partial charge in [0.15, 0.2) is 0 Å². The van der Waals surface area contributed by atoms with Gasteiger partial charge < -0.3 is 16.0 Å². The average molecular weight is 347 g/mol. The lowest BCUT2D eigenvalue weighted by atomic mass is 9.94. The first-order chi connectivity index (χ1) is 11.9. The zero-order chi connectivity index (χ0) is 18.0. The number of piperidine rings is 1. The molecule has 1 atom stereocenters. The van der Waals surface area contributed by atoms with Gasteiger partial charge in [0.2, 0.25) is 5.91 Å². The SMILES string of the molecule is Cc1nn(C)c(C)c1C(=O)NC1(C(=O)N[C@H]2CCCNC2)CCCC1. The van der Waals surface area contributed by atoms with Gasteiger partial charge in [-0.25, -0.2) is 0 Å². The molecule has 7 heteroatoms. The summed E-state index contributed by atoms with van der Waals surface area (Å²) in [5, 5.41) is 13.9. The number of amides is 2. The molecule has 1 aliphatic heterocycles. The van der Waals surface area contributed by atoms with Crippen LogP contribution in [0.4, 0.5) is 0 Å². The van der Waals surface area contributed by atoms with E-state index in [2.05, 4.69) is 21.0 Å². The quantitative estimate of drug-likeness (QED) is 0.757. The van der Waals surface area contributed by atoms with Crippen molar-refractivity contribution in [3.05, 3.63) is 17.0 Å². The molecular formula is C18H29N5O2. The van der Waals surface area contributed by atoms with Gasteiger partial charge in [-0.15, -0.1) is 0 Å². The zero-order valence-corrected chi connectivity index (χ0v) is 15.4. The fourth-order valence-corrected chi connectivity index (χ4v) is 4.07. The first kappa shape index (κ1) is 17.9. The maximum absolute atomic E-state index is 13.0. The minimum atomic E-state index is -0.788. The van der Waals surface area contributed by atoms with Crippen molar-refractivity contribution in [1.82, 2.24) is 25.7 Å². The number of carbonyl (C=O) groups excluding carboxylic acids is 2. The monoisotopic (exact) mass is 347 g/mol. The van der Waals surface area contributed by atoms with Gasteiger partial charge in [-0.3, -0.25) is 14.3 Å². The molecule has 1 saturated heterocycles. The Morgan fingerprint density at radius 2 is 1.96 bits per heavy atom. The Morgan fingerprint density at radius 1 is 1.24 bits per heavy atom. The van der Waals surface area contributed by atoms with Crippen LogP contribution in [0.25, 0.3) is 0 Å². The van der Waals surface area contributed by atoms with Crippen LogP contribution in [0.15, 0.2) is 0 Å². The summed E-state index contributed by atoms with van der Waals surface area (Å²) in [6.45, 7) is 5.52. The summed E-state index contributed by atoms with van der Waals surface area (Å²) in [5.74, 6) is -0.229. The number of hydrogen-bond donors (Lipinski definition) is 3. The molecular weight excluding hydrogens is 318 g/mol. The van der Waals surface area contributed by atoms with Crippen LogP contribution in [0.1, 0.15) is 60.3 Å². The van der Waals surface area contributed by atoms with Crippen molar-refractivity contribution in [2.45, 2.75) is 64.0 Å². The Kier molecular flexibility index (Phi) is 5.13. The number of aryl methyl sites for hydroxylation is 2. The highest BCUT2D eigenvalue weighted by molar-refractivity contribution is 6.01. The molecule has 0 spiro atoms. The summed E-state index contributed by atoms with van der Waals surface area (Å²) in [6.07, 6.45) is 5.37. The van der Waals surface area contributed by atoms with Crippen LogP contribution in [0.3, 0.4) is 0 Å². The largest absolute Gasteiger partial charge is 0.350 e. The van der Waals surface area contributed by atoms with Crippen LogP contribution in [0.5, 0.6) is 0 Å². The van der Waals surface area contributed by atoms with Crippen molar-refractivity contribution in [3.8, 4) is 0 Å². The smallest absolute Gasteiger partial charge is 0.255 e. The lowest BCUT2D eigenvalue weighted by molar-refractivity contribution is -0.128. The summed E-state index contributed by atoms with van der Waals surface area (Å²) in [6, 6.07) is 0.150. The van der Waals surface area contributed by atoms with Gasteiger partial charge in [0.05, 0.1) is 11.3 Å². The standard InChI is InChI=1S/C18H29N5O2/c1-12-15(13(2)23(3)22-12)16(24)21-18(8-4-5-9-18)17(25)20-14-7-6-10-19-11-14/h14,19H,4-11H2,1-3H3,(H,20,25)(H,21,24)/t14-/m0/s1. The highest BCUT2D eigenvalue weighted by Gasteiger charge is 2.43. The molecule has 0 aromatic carbocycles. The first-order valence-electron chi connectivity index (χ1n) is 9.27. The van der Waals surface area contributed by atoms with Crippen LogP contribution in [-0.4, -0.2) is 46.3 Å². The van der Waals surface area contributed by atoms with E-state index < -0.39 is 5.54 Å².